The Balaban J connectivity index is 1.28. The topological polar surface area (TPSA) is 47.4 Å². The predicted molar refractivity (Wildman–Crippen MR) is 135 cm³/mol. The van der Waals surface area contributed by atoms with Gasteiger partial charge in [0.2, 0.25) is 5.91 Å². The van der Waals surface area contributed by atoms with E-state index in [-0.39, 0.29) is 17.6 Å². The summed E-state index contributed by atoms with van der Waals surface area (Å²) >= 11 is 0. The number of hydrogen-bond acceptors (Lipinski definition) is 3. The molecule has 6 heteroatoms. The van der Waals surface area contributed by atoms with Gasteiger partial charge in [0.05, 0.1) is 17.6 Å². The summed E-state index contributed by atoms with van der Waals surface area (Å²) < 4.78 is 22.2. The van der Waals surface area contributed by atoms with E-state index in [9.17, 15) is 9.18 Å². The molecular formula is C29H24FN3O2. The number of para-hydroxylation sites is 2. The van der Waals surface area contributed by atoms with Crippen molar-refractivity contribution in [2.45, 2.75) is 18.9 Å². The molecule has 4 aromatic carbocycles. The number of rotatable bonds is 6. The highest BCUT2D eigenvalue weighted by atomic mass is 19.1. The van der Waals surface area contributed by atoms with E-state index in [0.717, 1.165) is 33.4 Å². The number of halogens is 1. The van der Waals surface area contributed by atoms with Gasteiger partial charge in [0.25, 0.3) is 0 Å². The Kier molecular flexibility index (Phi) is 5.41. The number of anilines is 1. The average molecular weight is 466 g/mol. The van der Waals surface area contributed by atoms with Crippen LogP contribution in [-0.4, -0.2) is 28.6 Å². The van der Waals surface area contributed by atoms with Crippen molar-refractivity contribution in [2.75, 3.05) is 18.1 Å². The summed E-state index contributed by atoms with van der Waals surface area (Å²) in [6.45, 7) is 1.54. The summed E-state index contributed by atoms with van der Waals surface area (Å²) in [6.07, 6.45) is 0.337. The number of benzene rings is 4. The van der Waals surface area contributed by atoms with Crippen molar-refractivity contribution in [2.24, 2.45) is 0 Å². The lowest BCUT2D eigenvalue weighted by molar-refractivity contribution is -0.117. The molecule has 1 unspecified atom stereocenters. The lowest BCUT2D eigenvalue weighted by Gasteiger charge is -2.18. The monoisotopic (exact) mass is 465 g/mol. The Morgan fingerprint density at radius 2 is 1.74 bits per heavy atom. The molecule has 1 aliphatic rings. The van der Waals surface area contributed by atoms with Crippen LogP contribution in [0.1, 0.15) is 18.2 Å². The van der Waals surface area contributed by atoms with Crippen LogP contribution in [0.3, 0.4) is 0 Å². The van der Waals surface area contributed by atoms with E-state index in [1.807, 2.05) is 48.5 Å². The Bertz CT molecular complexity index is 1540. The standard InChI is InChI=1S/C29H24FN3O2/c30-22-9-6-10-23(18-22)33-19-21(17-28(33)34)29-31-25-12-3-4-13-26(25)32(29)15-16-35-27-14-5-8-20-7-1-2-11-24(20)27/h1-14,18,21H,15-17,19H2. The maximum atomic E-state index is 13.8. The Hall–Kier alpha value is -4.19. The van der Waals surface area contributed by atoms with Gasteiger partial charge in [-0.05, 0) is 41.8 Å². The third-order valence-electron chi connectivity index (χ3n) is 6.62. The number of carbonyl (C=O) groups is 1. The molecule has 0 radical (unpaired) electrons. The number of hydrogen-bond donors (Lipinski definition) is 0. The molecule has 35 heavy (non-hydrogen) atoms. The van der Waals surface area contributed by atoms with Gasteiger partial charge in [0.15, 0.2) is 0 Å². The average Bonchev–Trinajstić information content (AvgIpc) is 3.45. The molecule has 0 bridgehead atoms. The van der Waals surface area contributed by atoms with Crippen LogP contribution < -0.4 is 9.64 Å². The van der Waals surface area contributed by atoms with Crippen LogP contribution in [0.2, 0.25) is 0 Å². The largest absolute Gasteiger partial charge is 0.491 e. The number of amides is 1. The first-order chi connectivity index (χ1) is 17.2. The molecule has 6 rings (SSSR count). The van der Waals surface area contributed by atoms with Crippen molar-refractivity contribution >= 4 is 33.4 Å². The molecule has 174 valence electrons. The van der Waals surface area contributed by atoms with Crippen LogP contribution in [0.25, 0.3) is 21.8 Å². The molecule has 2 heterocycles. The molecular weight excluding hydrogens is 441 g/mol. The first-order valence-corrected chi connectivity index (χ1v) is 11.8. The summed E-state index contributed by atoms with van der Waals surface area (Å²) in [6, 6.07) is 28.4. The van der Waals surface area contributed by atoms with Crippen molar-refractivity contribution in [1.29, 1.82) is 0 Å². The lowest BCUT2D eigenvalue weighted by atomic mass is 10.1. The molecule has 1 aliphatic heterocycles. The second kappa shape index (κ2) is 8.87. The van der Waals surface area contributed by atoms with Gasteiger partial charge >= 0.3 is 0 Å². The molecule has 0 N–H and O–H groups in total. The van der Waals surface area contributed by atoms with Gasteiger partial charge in [0.1, 0.15) is 24.0 Å². The van der Waals surface area contributed by atoms with Gasteiger partial charge in [-0.25, -0.2) is 9.37 Å². The molecule has 0 aliphatic carbocycles. The van der Waals surface area contributed by atoms with Crippen LogP contribution >= 0.6 is 0 Å². The zero-order valence-corrected chi connectivity index (χ0v) is 19.1. The summed E-state index contributed by atoms with van der Waals surface area (Å²) in [4.78, 5) is 19.4. The zero-order valence-electron chi connectivity index (χ0n) is 19.1. The van der Waals surface area contributed by atoms with E-state index in [1.54, 1.807) is 17.0 Å². The van der Waals surface area contributed by atoms with Crippen molar-refractivity contribution in [1.82, 2.24) is 9.55 Å². The molecule has 5 aromatic rings. The summed E-state index contributed by atoms with van der Waals surface area (Å²) in [5.41, 5.74) is 2.49. The minimum atomic E-state index is -0.350. The number of fused-ring (bicyclic) bond motifs is 2. The third kappa shape index (κ3) is 4.01. The van der Waals surface area contributed by atoms with Gasteiger partial charge in [-0.1, -0.05) is 54.6 Å². The highest BCUT2D eigenvalue weighted by molar-refractivity contribution is 5.96. The van der Waals surface area contributed by atoms with Gasteiger partial charge in [0, 0.05) is 30.0 Å². The summed E-state index contributed by atoms with van der Waals surface area (Å²) in [7, 11) is 0. The van der Waals surface area contributed by atoms with Crippen molar-refractivity contribution in [3.8, 4) is 5.75 Å². The molecule has 1 fully saturated rings. The highest BCUT2D eigenvalue weighted by Crippen LogP contribution is 2.33. The molecule has 1 atom stereocenters. The quantitative estimate of drug-likeness (QED) is 0.312. The van der Waals surface area contributed by atoms with Crippen LogP contribution in [-0.2, 0) is 11.3 Å². The normalized spacial score (nSPS) is 15.9. The van der Waals surface area contributed by atoms with Gasteiger partial charge in [-0.15, -0.1) is 0 Å². The van der Waals surface area contributed by atoms with E-state index in [1.165, 1.54) is 12.1 Å². The maximum Gasteiger partial charge on any atom is 0.227 e. The van der Waals surface area contributed by atoms with Crippen molar-refractivity contribution < 1.29 is 13.9 Å². The smallest absolute Gasteiger partial charge is 0.227 e. The molecule has 1 aromatic heterocycles. The van der Waals surface area contributed by atoms with Gasteiger partial charge < -0.3 is 14.2 Å². The molecule has 5 nitrogen and oxygen atoms in total. The number of imidazole rings is 1. The molecule has 1 saturated heterocycles. The van der Waals surface area contributed by atoms with Crippen molar-refractivity contribution in [3.05, 3.63) is 103 Å². The van der Waals surface area contributed by atoms with Crippen LogP contribution in [0.4, 0.5) is 10.1 Å². The second-order valence-corrected chi connectivity index (χ2v) is 8.82. The first kappa shape index (κ1) is 21.4. The van der Waals surface area contributed by atoms with E-state index < -0.39 is 0 Å². The fourth-order valence-corrected chi connectivity index (χ4v) is 4.98. The second-order valence-electron chi connectivity index (χ2n) is 8.82. The number of nitrogens with zero attached hydrogens (tertiary/aromatic N) is 3. The van der Waals surface area contributed by atoms with Crippen LogP contribution in [0.5, 0.6) is 5.75 Å². The van der Waals surface area contributed by atoms with E-state index in [2.05, 4.69) is 22.8 Å². The summed E-state index contributed by atoms with van der Waals surface area (Å²) in [5.74, 6) is 1.25. The molecule has 0 saturated carbocycles. The van der Waals surface area contributed by atoms with Crippen molar-refractivity contribution in [3.63, 3.8) is 0 Å². The van der Waals surface area contributed by atoms with Crippen LogP contribution in [0, 0.1) is 5.82 Å². The lowest BCUT2D eigenvalue weighted by Crippen LogP contribution is -2.24. The highest BCUT2D eigenvalue weighted by Gasteiger charge is 2.35. The maximum absolute atomic E-state index is 13.8. The van der Waals surface area contributed by atoms with Gasteiger partial charge in [-0.2, -0.15) is 0 Å². The fraction of sp³-hybridized carbons (Fsp3) is 0.172. The van der Waals surface area contributed by atoms with E-state index in [4.69, 9.17) is 9.72 Å². The van der Waals surface area contributed by atoms with Gasteiger partial charge in [-0.3, -0.25) is 4.79 Å². The zero-order chi connectivity index (χ0) is 23.8. The fourth-order valence-electron chi connectivity index (χ4n) is 4.98. The van der Waals surface area contributed by atoms with E-state index in [0.29, 0.717) is 31.8 Å². The predicted octanol–water partition coefficient (Wildman–Crippen LogP) is 5.93. The molecule has 1 amide bonds. The Morgan fingerprint density at radius 1 is 0.943 bits per heavy atom. The Morgan fingerprint density at radius 3 is 2.66 bits per heavy atom. The number of ether oxygens (including phenoxy) is 1. The van der Waals surface area contributed by atoms with Crippen LogP contribution in [0.15, 0.2) is 91.0 Å². The Labute approximate surface area is 202 Å². The third-order valence-corrected chi connectivity index (χ3v) is 6.62. The minimum absolute atomic E-state index is 0.0220. The summed E-state index contributed by atoms with van der Waals surface area (Å²) in [5, 5.41) is 2.22. The molecule has 0 spiro atoms. The number of carbonyl (C=O) groups excluding carboxylic acids is 1. The SMILES string of the molecule is O=C1CC(c2nc3ccccc3n2CCOc2cccc3ccccc23)CN1c1cccc(F)c1. The van der Waals surface area contributed by atoms with E-state index >= 15 is 0 Å². The first-order valence-electron chi connectivity index (χ1n) is 11.8. The minimum Gasteiger partial charge on any atom is -0.491 e. The number of aromatic nitrogens is 2.